The predicted octanol–water partition coefficient (Wildman–Crippen LogP) is 4.24. The average Bonchev–Trinajstić information content (AvgIpc) is 2.71. The van der Waals surface area contributed by atoms with Gasteiger partial charge in [0, 0.05) is 37.3 Å². The first-order valence-corrected chi connectivity index (χ1v) is 10.2. The fourth-order valence-corrected chi connectivity index (χ4v) is 3.04. The summed E-state index contributed by atoms with van der Waals surface area (Å²) < 4.78 is 5.31. The molecule has 0 unspecified atom stereocenters. The van der Waals surface area contributed by atoms with E-state index in [1.165, 1.54) is 18.2 Å². The number of ether oxygens (including phenoxy) is 1. The molecule has 0 aliphatic rings. The van der Waals surface area contributed by atoms with Crippen LogP contribution in [0.25, 0.3) is 0 Å². The lowest BCUT2D eigenvalue weighted by atomic mass is 10.1. The van der Waals surface area contributed by atoms with E-state index < -0.39 is 22.5 Å². The Balaban J connectivity index is 2.24. The molecular weight excluding hydrogens is 412 g/mol. The van der Waals surface area contributed by atoms with Gasteiger partial charge in [-0.05, 0) is 38.8 Å². The second-order valence-electron chi connectivity index (χ2n) is 8.31. The largest absolute Gasteiger partial charge is 0.478 e. The molecule has 0 radical (unpaired) electrons. The van der Waals surface area contributed by atoms with Crippen LogP contribution >= 0.6 is 0 Å². The van der Waals surface area contributed by atoms with E-state index in [9.17, 15) is 19.7 Å². The molecule has 0 spiro atoms. The number of hydrogen-bond acceptors (Lipinski definition) is 6. The summed E-state index contributed by atoms with van der Waals surface area (Å²) in [5.74, 6) is -1.68. The molecule has 0 bridgehead atoms. The molecule has 0 heterocycles. The Morgan fingerprint density at radius 1 is 1.16 bits per heavy atom. The molecule has 8 nitrogen and oxygen atoms in total. The second-order valence-corrected chi connectivity index (χ2v) is 8.31. The Morgan fingerprint density at radius 3 is 2.44 bits per heavy atom. The highest BCUT2D eigenvalue weighted by Gasteiger charge is 2.23. The molecule has 0 atom stereocenters. The number of esters is 1. The summed E-state index contributed by atoms with van der Waals surface area (Å²) in [4.78, 5) is 36.2. The van der Waals surface area contributed by atoms with Gasteiger partial charge in [0.15, 0.2) is 0 Å². The summed E-state index contributed by atoms with van der Waals surface area (Å²) >= 11 is 0. The molecule has 0 saturated heterocycles. The number of benzene rings is 2. The molecule has 2 aromatic rings. The number of carboxylic acid groups (broad SMARTS) is 1. The van der Waals surface area contributed by atoms with Crippen LogP contribution in [0.15, 0.2) is 60.7 Å². The number of rotatable bonds is 10. The Kier molecular flexibility index (Phi) is 8.66. The van der Waals surface area contributed by atoms with Crippen LogP contribution in [0.1, 0.15) is 42.3 Å². The van der Waals surface area contributed by atoms with Crippen LogP contribution < -0.4 is 0 Å². The van der Waals surface area contributed by atoms with Gasteiger partial charge in [-0.3, -0.25) is 15.0 Å². The van der Waals surface area contributed by atoms with Crippen LogP contribution in [0.5, 0.6) is 0 Å². The monoisotopic (exact) mass is 440 g/mol. The molecule has 0 aliphatic carbocycles. The van der Waals surface area contributed by atoms with Crippen LogP contribution in [-0.2, 0) is 22.5 Å². The smallest absolute Gasteiger partial charge is 0.338 e. The number of nitro benzene ring substituents is 1. The quantitative estimate of drug-likeness (QED) is 0.255. The Morgan fingerprint density at radius 2 is 1.84 bits per heavy atom. The zero-order valence-corrected chi connectivity index (χ0v) is 18.5. The summed E-state index contributed by atoms with van der Waals surface area (Å²) in [7, 11) is 0. The van der Waals surface area contributed by atoms with Gasteiger partial charge in [-0.25, -0.2) is 9.59 Å². The fourth-order valence-electron chi connectivity index (χ4n) is 3.04. The van der Waals surface area contributed by atoms with Crippen LogP contribution in [-0.4, -0.2) is 45.6 Å². The zero-order chi connectivity index (χ0) is 23.7. The van der Waals surface area contributed by atoms with Crippen molar-refractivity contribution < 1.29 is 24.4 Å². The molecule has 0 saturated carbocycles. The van der Waals surface area contributed by atoms with Crippen molar-refractivity contribution in [3.8, 4) is 0 Å². The molecule has 0 fully saturated rings. The van der Waals surface area contributed by atoms with Crippen molar-refractivity contribution in [3.05, 3.63) is 87.5 Å². The van der Waals surface area contributed by atoms with Crippen molar-refractivity contribution in [2.75, 3.05) is 13.1 Å². The lowest BCUT2D eigenvalue weighted by molar-refractivity contribution is -0.385. The molecule has 2 rings (SSSR count). The van der Waals surface area contributed by atoms with Gasteiger partial charge in [-0.1, -0.05) is 42.5 Å². The maximum atomic E-state index is 12.3. The first-order chi connectivity index (χ1) is 15.0. The predicted molar refractivity (Wildman–Crippen MR) is 120 cm³/mol. The minimum atomic E-state index is -1.05. The zero-order valence-electron chi connectivity index (χ0n) is 18.5. The van der Waals surface area contributed by atoms with Gasteiger partial charge in [0.1, 0.15) is 5.60 Å². The number of nitrogens with zero attached hydrogens (tertiary/aromatic N) is 2. The van der Waals surface area contributed by atoms with Crippen LogP contribution in [0, 0.1) is 10.1 Å². The first kappa shape index (κ1) is 24.7. The molecule has 0 amide bonds. The van der Waals surface area contributed by atoms with Crippen molar-refractivity contribution in [2.45, 2.75) is 39.3 Å². The average molecular weight is 440 g/mol. The summed E-state index contributed by atoms with van der Waals surface area (Å²) in [6.45, 7) is 6.28. The highest BCUT2D eigenvalue weighted by atomic mass is 16.6. The highest BCUT2D eigenvalue weighted by molar-refractivity contribution is 5.90. The summed E-state index contributed by atoms with van der Waals surface area (Å²) in [6, 6.07) is 14.1. The normalized spacial score (nSPS) is 11.6. The fraction of sp³-hybridized carbons (Fsp3) is 0.333. The Bertz CT molecular complexity index is 980. The number of carbonyl (C=O) groups excluding carboxylic acids is 1. The number of carboxylic acids is 1. The third-order valence-corrected chi connectivity index (χ3v) is 4.49. The lowest BCUT2D eigenvalue weighted by Gasteiger charge is -2.21. The van der Waals surface area contributed by atoms with Gasteiger partial charge >= 0.3 is 11.9 Å². The number of carbonyl (C=O) groups is 2. The number of aliphatic carboxylic acids is 1. The first-order valence-electron chi connectivity index (χ1n) is 10.2. The van der Waals surface area contributed by atoms with Gasteiger partial charge < -0.3 is 9.84 Å². The van der Waals surface area contributed by atoms with Crippen molar-refractivity contribution in [1.82, 2.24) is 4.90 Å². The van der Waals surface area contributed by atoms with Crippen molar-refractivity contribution in [1.29, 1.82) is 0 Å². The molecular formula is C24H28N2O6. The Labute approximate surface area is 187 Å². The molecule has 0 aliphatic heterocycles. The van der Waals surface area contributed by atoms with Crippen molar-refractivity contribution in [2.24, 2.45) is 0 Å². The van der Waals surface area contributed by atoms with Crippen LogP contribution in [0.3, 0.4) is 0 Å². The topological polar surface area (TPSA) is 110 Å². The molecule has 170 valence electrons. The van der Waals surface area contributed by atoms with E-state index in [1.807, 2.05) is 35.2 Å². The standard InChI is InChI=1S/C24H28N2O6/c1-24(2,3)32-23(29)19-11-12-20(21(16-19)26(30)31)17-25(14-7-10-22(27)28)15-13-18-8-5-4-6-9-18/h4-12,16H,13-15,17H2,1-3H3,(H,27,28)/b10-7+. The van der Waals surface area contributed by atoms with E-state index in [0.717, 1.165) is 11.6 Å². The lowest BCUT2D eigenvalue weighted by Crippen LogP contribution is -2.27. The number of nitro groups is 1. The molecule has 8 heteroatoms. The van der Waals surface area contributed by atoms with Gasteiger partial charge in [0.25, 0.3) is 5.69 Å². The molecule has 1 N–H and O–H groups in total. The minimum absolute atomic E-state index is 0.108. The van der Waals surface area contributed by atoms with E-state index in [0.29, 0.717) is 25.1 Å². The Hall–Kier alpha value is -3.52. The molecule has 2 aromatic carbocycles. The van der Waals surface area contributed by atoms with Crippen molar-refractivity contribution in [3.63, 3.8) is 0 Å². The third kappa shape index (κ3) is 8.31. The maximum absolute atomic E-state index is 12.3. The molecule has 32 heavy (non-hydrogen) atoms. The van der Waals surface area contributed by atoms with Gasteiger partial charge in [-0.2, -0.15) is 0 Å². The van der Waals surface area contributed by atoms with E-state index >= 15 is 0 Å². The van der Waals surface area contributed by atoms with Crippen LogP contribution in [0.2, 0.25) is 0 Å². The minimum Gasteiger partial charge on any atom is -0.478 e. The van der Waals surface area contributed by atoms with Crippen molar-refractivity contribution >= 4 is 17.6 Å². The van der Waals surface area contributed by atoms with E-state index in [2.05, 4.69) is 0 Å². The second kappa shape index (κ2) is 11.2. The van der Waals surface area contributed by atoms with Gasteiger partial charge in [0.2, 0.25) is 0 Å². The third-order valence-electron chi connectivity index (χ3n) is 4.49. The van der Waals surface area contributed by atoms with Gasteiger partial charge in [0.05, 0.1) is 10.5 Å². The van der Waals surface area contributed by atoms with E-state index in [4.69, 9.17) is 9.84 Å². The van der Waals surface area contributed by atoms with E-state index in [1.54, 1.807) is 26.8 Å². The maximum Gasteiger partial charge on any atom is 0.338 e. The summed E-state index contributed by atoms with van der Waals surface area (Å²) in [6.07, 6.45) is 3.26. The molecule has 0 aromatic heterocycles. The van der Waals surface area contributed by atoms with Crippen LogP contribution in [0.4, 0.5) is 5.69 Å². The highest BCUT2D eigenvalue weighted by Crippen LogP contribution is 2.24. The SMILES string of the molecule is CC(C)(C)OC(=O)c1ccc(CN(C/C=C/C(=O)O)CCc2ccccc2)c([N+](=O)[O-])c1. The van der Waals surface area contributed by atoms with Gasteiger partial charge in [-0.15, -0.1) is 0 Å². The number of hydrogen-bond donors (Lipinski definition) is 1. The van der Waals surface area contributed by atoms with E-state index in [-0.39, 0.29) is 17.8 Å². The summed E-state index contributed by atoms with van der Waals surface area (Å²) in [5, 5.41) is 20.6. The summed E-state index contributed by atoms with van der Waals surface area (Å²) in [5.41, 5.74) is 0.751.